The second-order valence-corrected chi connectivity index (χ2v) is 4.46. The highest BCUT2D eigenvalue weighted by atomic mass is 32.1. The van der Waals surface area contributed by atoms with Gasteiger partial charge in [-0.3, -0.25) is 0 Å². The number of benzene rings is 1. The molecular weight excluding hydrogens is 218 g/mol. The third-order valence-corrected chi connectivity index (χ3v) is 3.02. The van der Waals surface area contributed by atoms with Gasteiger partial charge in [0, 0.05) is 24.5 Å². The molecule has 0 atom stereocenters. The number of hydrogen-bond acceptors (Lipinski definition) is 4. The zero-order chi connectivity index (χ0) is 11.4. The van der Waals surface area contributed by atoms with E-state index in [2.05, 4.69) is 52.8 Å². The van der Waals surface area contributed by atoms with Crippen LogP contribution in [0.25, 0.3) is 0 Å². The van der Waals surface area contributed by atoms with Gasteiger partial charge in [0.25, 0.3) is 0 Å². The molecule has 0 spiro atoms. The van der Waals surface area contributed by atoms with Gasteiger partial charge in [-0.25, -0.2) is 4.98 Å². The molecule has 1 N–H and O–H groups in total. The molecule has 0 aliphatic rings. The Morgan fingerprint density at radius 2 is 2.25 bits per heavy atom. The fourth-order valence-electron chi connectivity index (χ4n) is 1.47. The molecule has 1 heterocycles. The number of hydrogen-bond donors (Lipinski definition) is 1. The van der Waals surface area contributed by atoms with Gasteiger partial charge in [0.05, 0.1) is 0 Å². The number of nitrogens with one attached hydrogen (secondary N) is 1. The molecule has 0 saturated heterocycles. The maximum Gasteiger partial charge on any atom is 0.202 e. The van der Waals surface area contributed by atoms with Gasteiger partial charge in [-0.05, 0) is 12.5 Å². The van der Waals surface area contributed by atoms with Crippen LogP contribution in [0.15, 0.2) is 24.3 Å². The first-order valence-electron chi connectivity index (χ1n) is 5.40. The summed E-state index contributed by atoms with van der Waals surface area (Å²) in [6, 6.07) is 8.46. The SMILES string of the molecule is CCc1nsc(NCc2cccc(C)c2)n1. The minimum absolute atomic E-state index is 0.806. The summed E-state index contributed by atoms with van der Waals surface area (Å²) in [4.78, 5) is 4.36. The van der Waals surface area contributed by atoms with Crippen molar-refractivity contribution in [2.45, 2.75) is 26.8 Å². The van der Waals surface area contributed by atoms with Crippen molar-refractivity contribution in [1.82, 2.24) is 9.36 Å². The minimum Gasteiger partial charge on any atom is -0.356 e. The van der Waals surface area contributed by atoms with Crippen LogP contribution in [0.5, 0.6) is 0 Å². The first-order valence-corrected chi connectivity index (χ1v) is 6.17. The van der Waals surface area contributed by atoms with Crippen LogP contribution in [0.1, 0.15) is 23.9 Å². The van der Waals surface area contributed by atoms with Crippen LogP contribution in [0.3, 0.4) is 0 Å². The standard InChI is InChI=1S/C12H15N3S/c1-3-11-14-12(16-15-11)13-8-10-6-4-5-9(2)7-10/h4-7H,3,8H2,1-2H3,(H,13,14,15). The summed E-state index contributed by atoms with van der Waals surface area (Å²) in [5.41, 5.74) is 2.55. The summed E-state index contributed by atoms with van der Waals surface area (Å²) < 4.78 is 4.23. The second-order valence-electron chi connectivity index (χ2n) is 3.71. The fraction of sp³-hybridized carbons (Fsp3) is 0.333. The molecule has 3 nitrogen and oxygen atoms in total. The monoisotopic (exact) mass is 233 g/mol. The van der Waals surface area contributed by atoms with Gasteiger partial charge in [-0.15, -0.1) is 0 Å². The lowest BCUT2D eigenvalue weighted by Gasteiger charge is -2.02. The summed E-state index contributed by atoms with van der Waals surface area (Å²) in [5.74, 6) is 0.914. The van der Waals surface area contributed by atoms with E-state index in [1.165, 1.54) is 22.7 Å². The summed E-state index contributed by atoms with van der Waals surface area (Å²) in [7, 11) is 0. The van der Waals surface area contributed by atoms with E-state index in [0.29, 0.717) is 0 Å². The van der Waals surface area contributed by atoms with E-state index in [9.17, 15) is 0 Å². The molecule has 4 heteroatoms. The number of aryl methyl sites for hydroxylation is 2. The van der Waals surface area contributed by atoms with Gasteiger partial charge >= 0.3 is 0 Å². The molecule has 0 aliphatic heterocycles. The van der Waals surface area contributed by atoms with E-state index < -0.39 is 0 Å². The average Bonchev–Trinajstić information content (AvgIpc) is 2.74. The predicted octanol–water partition coefficient (Wildman–Crippen LogP) is 3.02. The lowest BCUT2D eigenvalue weighted by Crippen LogP contribution is -1.99. The van der Waals surface area contributed by atoms with Crippen molar-refractivity contribution in [2.24, 2.45) is 0 Å². The molecule has 0 saturated carbocycles. The van der Waals surface area contributed by atoms with Crippen molar-refractivity contribution >= 4 is 16.7 Å². The molecular formula is C12H15N3S. The molecule has 1 aromatic carbocycles. The smallest absolute Gasteiger partial charge is 0.202 e. The molecule has 2 rings (SSSR count). The first kappa shape index (κ1) is 11.1. The number of anilines is 1. The Morgan fingerprint density at radius 3 is 2.94 bits per heavy atom. The zero-order valence-electron chi connectivity index (χ0n) is 9.53. The van der Waals surface area contributed by atoms with E-state index in [0.717, 1.165) is 23.9 Å². The Hall–Kier alpha value is -1.42. The van der Waals surface area contributed by atoms with Crippen LogP contribution >= 0.6 is 11.5 Å². The Balaban J connectivity index is 1.96. The Labute approximate surface area is 99.7 Å². The normalized spacial score (nSPS) is 10.4. The quantitative estimate of drug-likeness (QED) is 0.882. The molecule has 0 bridgehead atoms. The zero-order valence-corrected chi connectivity index (χ0v) is 10.3. The lowest BCUT2D eigenvalue weighted by molar-refractivity contribution is 0.992. The summed E-state index contributed by atoms with van der Waals surface area (Å²) in [5, 5.41) is 4.19. The van der Waals surface area contributed by atoms with Crippen molar-refractivity contribution in [2.75, 3.05) is 5.32 Å². The van der Waals surface area contributed by atoms with Crippen LogP contribution in [0.4, 0.5) is 5.13 Å². The van der Waals surface area contributed by atoms with E-state index in [-0.39, 0.29) is 0 Å². The molecule has 0 aliphatic carbocycles. The van der Waals surface area contributed by atoms with Gasteiger partial charge in [-0.1, -0.05) is 36.8 Å². The molecule has 0 unspecified atom stereocenters. The van der Waals surface area contributed by atoms with Crippen molar-refractivity contribution in [3.05, 3.63) is 41.2 Å². The van der Waals surface area contributed by atoms with Gasteiger partial charge in [0.1, 0.15) is 5.82 Å². The first-order chi connectivity index (χ1) is 7.78. The molecule has 0 amide bonds. The van der Waals surface area contributed by atoms with Crippen LogP contribution < -0.4 is 5.32 Å². The number of aromatic nitrogens is 2. The highest BCUT2D eigenvalue weighted by molar-refractivity contribution is 7.09. The van der Waals surface area contributed by atoms with Crippen molar-refractivity contribution in [1.29, 1.82) is 0 Å². The Bertz CT molecular complexity index is 465. The molecule has 0 radical (unpaired) electrons. The molecule has 0 fully saturated rings. The van der Waals surface area contributed by atoms with E-state index in [1.54, 1.807) is 0 Å². The second kappa shape index (κ2) is 5.07. The van der Waals surface area contributed by atoms with Gasteiger partial charge < -0.3 is 5.32 Å². The summed E-state index contributed by atoms with van der Waals surface area (Å²) >= 11 is 1.43. The minimum atomic E-state index is 0.806. The van der Waals surface area contributed by atoms with Crippen LogP contribution in [0.2, 0.25) is 0 Å². The number of rotatable bonds is 4. The van der Waals surface area contributed by atoms with Gasteiger partial charge in [0.15, 0.2) is 0 Å². The lowest BCUT2D eigenvalue weighted by atomic mass is 10.1. The maximum atomic E-state index is 4.36. The largest absolute Gasteiger partial charge is 0.356 e. The third-order valence-electron chi connectivity index (χ3n) is 2.31. The molecule has 2 aromatic rings. The van der Waals surface area contributed by atoms with Crippen molar-refractivity contribution < 1.29 is 0 Å². The third kappa shape index (κ3) is 2.79. The van der Waals surface area contributed by atoms with E-state index in [4.69, 9.17) is 0 Å². The van der Waals surface area contributed by atoms with E-state index in [1.807, 2.05) is 0 Å². The van der Waals surface area contributed by atoms with Crippen molar-refractivity contribution in [3.63, 3.8) is 0 Å². The van der Waals surface area contributed by atoms with Crippen LogP contribution in [-0.2, 0) is 13.0 Å². The highest BCUT2D eigenvalue weighted by Gasteiger charge is 2.01. The topological polar surface area (TPSA) is 37.8 Å². The van der Waals surface area contributed by atoms with Gasteiger partial charge in [0.2, 0.25) is 5.13 Å². The molecule has 1 aromatic heterocycles. The fourth-order valence-corrected chi connectivity index (χ4v) is 2.11. The van der Waals surface area contributed by atoms with Crippen molar-refractivity contribution in [3.8, 4) is 0 Å². The molecule has 84 valence electrons. The number of nitrogens with zero attached hydrogens (tertiary/aromatic N) is 2. The Kier molecular flexibility index (Phi) is 3.51. The average molecular weight is 233 g/mol. The summed E-state index contributed by atoms with van der Waals surface area (Å²) in [6.07, 6.45) is 0.891. The Morgan fingerprint density at radius 1 is 1.38 bits per heavy atom. The maximum absolute atomic E-state index is 4.36. The summed E-state index contributed by atoms with van der Waals surface area (Å²) in [6.45, 7) is 4.97. The predicted molar refractivity (Wildman–Crippen MR) is 67.8 cm³/mol. The van der Waals surface area contributed by atoms with Crippen LogP contribution in [-0.4, -0.2) is 9.36 Å². The highest BCUT2D eigenvalue weighted by Crippen LogP contribution is 2.13. The van der Waals surface area contributed by atoms with Gasteiger partial charge in [-0.2, -0.15) is 4.37 Å². The molecule has 16 heavy (non-hydrogen) atoms. The van der Waals surface area contributed by atoms with E-state index >= 15 is 0 Å². The van der Waals surface area contributed by atoms with Crippen LogP contribution in [0, 0.1) is 6.92 Å².